The van der Waals surface area contributed by atoms with Gasteiger partial charge in [0.05, 0.1) is 13.5 Å². The number of nitrogens with one attached hydrogen (secondary N) is 1. The molecule has 37 heavy (non-hydrogen) atoms. The van der Waals surface area contributed by atoms with Gasteiger partial charge >= 0.3 is 12.1 Å². The number of ether oxygens (including phenoxy) is 3. The first kappa shape index (κ1) is 27.3. The molecule has 0 fully saturated rings. The van der Waals surface area contributed by atoms with Crippen LogP contribution in [0.2, 0.25) is 0 Å². The second kappa shape index (κ2) is 12.1. The molecular weight excluding hydrogens is 472 g/mol. The molecule has 3 aromatic rings. The van der Waals surface area contributed by atoms with Crippen LogP contribution in [0.25, 0.3) is 11.1 Å². The maximum atomic E-state index is 12.0. The van der Waals surface area contributed by atoms with Crippen molar-refractivity contribution in [2.75, 3.05) is 7.11 Å². The molecule has 0 aliphatic heterocycles. The van der Waals surface area contributed by atoms with Gasteiger partial charge in [0.25, 0.3) is 0 Å². The third-order valence-electron chi connectivity index (χ3n) is 5.33. The minimum absolute atomic E-state index is 0.00897. The fourth-order valence-corrected chi connectivity index (χ4v) is 3.57. The van der Waals surface area contributed by atoms with Crippen LogP contribution in [-0.4, -0.2) is 30.7 Å². The number of hydrogen-bond donors (Lipinski definition) is 2. The van der Waals surface area contributed by atoms with Crippen LogP contribution in [0.4, 0.5) is 4.79 Å². The van der Waals surface area contributed by atoms with E-state index in [-0.39, 0.29) is 18.6 Å². The van der Waals surface area contributed by atoms with Crippen molar-refractivity contribution in [3.63, 3.8) is 0 Å². The molecule has 0 saturated carbocycles. The SMILES string of the molecule is COC(=O)Cc1ccc(C(N)=O)cc1OCc1cccc(-c2cccc(CNC(=O)OC(C)(C)C)c2)c1. The average molecular weight is 505 g/mol. The minimum Gasteiger partial charge on any atom is -0.489 e. The van der Waals surface area contributed by atoms with E-state index in [9.17, 15) is 14.4 Å². The summed E-state index contributed by atoms with van der Waals surface area (Å²) >= 11 is 0. The summed E-state index contributed by atoms with van der Waals surface area (Å²) in [5, 5.41) is 2.77. The number of alkyl carbamates (subject to hydrolysis) is 1. The lowest BCUT2D eigenvalue weighted by molar-refractivity contribution is -0.139. The largest absolute Gasteiger partial charge is 0.489 e. The molecule has 0 spiro atoms. The van der Waals surface area contributed by atoms with Crippen molar-refractivity contribution < 1.29 is 28.6 Å². The average Bonchev–Trinajstić information content (AvgIpc) is 2.86. The number of carbonyl (C=O) groups excluding carboxylic acids is 3. The standard InChI is InChI=1S/C29H32N2O6/c1-29(2,3)37-28(34)31-17-19-7-5-9-21(13-19)22-10-6-8-20(14-22)18-36-25-15-24(27(30)33)12-11-23(25)16-26(32)35-4/h5-15H,16-18H2,1-4H3,(H2,30,33)(H,31,34). The Morgan fingerprint density at radius 1 is 0.892 bits per heavy atom. The van der Waals surface area contributed by atoms with Crippen LogP contribution >= 0.6 is 0 Å². The lowest BCUT2D eigenvalue weighted by Crippen LogP contribution is -2.32. The first-order valence-corrected chi connectivity index (χ1v) is 11.8. The van der Waals surface area contributed by atoms with Gasteiger partial charge in [0.1, 0.15) is 18.0 Å². The molecule has 194 valence electrons. The molecule has 3 N–H and O–H groups in total. The van der Waals surface area contributed by atoms with Crippen molar-refractivity contribution in [3.05, 3.63) is 89.0 Å². The summed E-state index contributed by atoms with van der Waals surface area (Å²) in [6.45, 7) is 6.00. The minimum atomic E-state index is -0.586. The number of hydrogen-bond acceptors (Lipinski definition) is 6. The molecule has 0 bridgehead atoms. The van der Waals surface area contributed by atoms with Gasteiger partial charge in [-0.15, -0.1) is 0 Å². The predicted octanol–water partition coefficient (Wildman–Crippen LogP) is 4.77. The topological polar surface area (TPSA) is 117 Å². The highest BCUT2D eigenvalue weighted by Crippen LogP contribution is 2.25. The molecule has 0 atom stereocenters. The highest BCUT2D eigenvalue weighted by molar-refractivity contribution is 5.93. The molecule has 0 aromatic heterocycles. The van der Waals surface area contributed by atoms with E-state index < -0.39 is 23.6 Å². The predicted molar refractivity (Wildman–Crippen MR) is 140 cm³/mol. The van der Waals surface area contributed by atoms with Gasteiger partial charge in [-0.25, -0.2) is 4.79 Å². The zero-order valence-corrected chi connectivity index (χ0v) is 21.5. The van der Waals surface area contributed by atoms with Crippen LogP contribution in [0.5, 0.6) is 5.75 Å². The van der Waals surface area contributed by atoms with Gasteiger partial charge < -0.3 is 25.3 Å². The smallest absolute Gasteiger partial charge is 0.407 e. The zero-order valence-electron chi connectivity index (χ0n) is 21.5. The Kier molecular flexibility index (Phi) is 8.90. The Morgan fingerprint density at radius 2 is 1.54 bits per heavy atom. The summed E-state index contributed by atoms with van der Waals surface area (Å²) in [7, 11) is 1.31. The van der Waals surface area contributed by atoms with Crippen LogP contribution in [0.3, 0.4) is 0 Å². The van der Waals surface area contributed by atoms with Gasteiger partial charge in [0.15, 0.2) is 0 Å². The highest BCUT2D eigenvalue weighted by atomic mass is 16.6. The molecule has 0 unspecified atom stereocenters. The Hall–Kier alpha value is -4.33. The van der Waals surface area contributed by atoms with E-state index >= 15 is 0 Å². The molecule has 3 aromatic carbocycles. The third-order valence-corrected chi connectivity index (χ3v) is 5.33. The number of amides is 2. The van der Waals surface area contributed by atoms with E-state index in [1.165, 1.54) is 13.2 Å². The Balaban J connectivity index is 1.73. The van der Waals surface area contributed by atoms with Gasteiger partial charge in [-0.3, -0.25) is 9.59 Å². The molecule has 0 aliphatic carbocycles. The number of esters is 1. The summed E-state index contributed by atoms with van der Waals surface area (Å²) in [5.41, 5.74) is 9.51. The normalized spacial score (nSPS) is 10.9. The van der Waals surface area contributed by atoms with Crippen molar-refractivity contribution in [2.45, 2.75) is 45.9 Å². The molecule has 0 radical (unpaired) electrons. The summed E-state index contributed by atoms with van der Waals surface area (Å²) in [6, 6.07) is 20.4. The molecule has 3 rings (SSSR count). The van der Waals surface area contributed by atoms with Crippen molar-refractivity contribution in [3.8, 4) is 16.9 Å². The van der Waals surface area contributed by atoms with E-state index in [2.05, 4.69) is 5.32 Å². The number of carbonyl (C=O) groups is 3. The number of benzene rings is 3. The second-order valence-corrected chi connectivity index (χ2v) is 9.48. The Bertz CT molecular complexity index is 1280. The monoisotopic (exact) mass is 504 g/mol. The lowest BCUT2D eigenvalue weighted by atomic mass is 10.0. The molecule has 2 amide bonds. The van der Waals surface area contributed by atoms with Crippen LogP contribution < -0.4 is 15.8 Å². The van der Waals surface area contributed by atoms with Gasteiger partial charge in [0, 0.05) is 17.7 Å². The fourth-order valence-electron chi connectivity index (χ4n) is 3.57. The summed E-state index contributed by atoms with van der Waals surface area (Å²) in [6.07, 6.45) is -0.460. The van der Waals surface area contributed by atoms with Crippen LogP contribution in [0, 0.1) is 0 Å². The van der Waals surface area contributed by atoms with Gasteiger partial charge in [-0.2, -0.15) is 0 Å². The van der Waals surface area contributed by atoms with E-state index in [1.54, 1.807) is 12.1 Å². The van der Waals surface area contributed by atoms with E-state index in [1.807, 2.05) is 69.3 Å². The third kappa shape index (κ3) is 8.38. The van der Waals surface area contributed by atoms with Crippen molar-refractivity contribution in [1.29, 1.82) is 0 Å². The van der Waals surface area contributed by atoms with E-state index in [4.69, 9.17) is 19.9 Å². The summed E-state index contributed by atoms with van der Waals surface area (Å²) in [5.74, 6) is -0.612. The van der Waals surface area contributed by atoms with E-state index in [0.29, 0.717) is 17.9 Å². The van der Waals surface area contributed by atoms with Crippen LogP contribution in [0.15, 0.2) is 66.7 Å². The number of rotatable bonds is 9. The lowest BCUT2D eigenvalue weighted by Gasteiger charge is -2.19. The maximum absolute atomic E-state index is 12.0. The van der Waals surface area contributed by atoms with E-state index in [0.717, 1.165) is 22.3 Å². The zero-order chi connectivity index (χ0) is 27.0. The number of nitrogens with two attached hydrogens (primary N) is 1. The van der Waals surface area contributed by atoms with Crippen LogP contribution in [0.1, 0.15) is 47.8 Å². The number of methoxy groups -OCH3 is 1. The van der Waals surface area contributed by atoms with Crippen molar-refractivity contribution >= 4 is 18.0 Å². The molecule has 0 aliphatic rings. The quantitative estimate of drug-likeness (QED) is 0.406. The molecule has 8 nitrogen and oxygen atoms in total. The first-order chi connectivity index (χ1) is 17.5. The molecule has 0 saturated heterocycles. The van der Waals surface area contributed by atoms with Gasteiger partial charge in [0.2, 0.25) is 5.91 Å². The van der Waals surface area contributed by atoms with Gasteiger partial charge in [-0.1, -0.05) is 42.5 Å². The Morgan fingerprint density at radius 3 is 2.16 bits per heavy atom. The number of primary amides is 1. The van der Waals surface area contributed by atoms with Crippen molar-refractivity contribution in [2.24, 2.45) is 5.73 Å². The molecule has 0 heterocycles. The summed E-state index contributed by atoms with van der Waals surface area (Å²) in [4.78, 5) is 35.4. The first-order valence-electron chi connectivity index (χ1n) is 11.8. The summed E-state index contributed by atoms with van der Waals surface area (Å²) < 4.78 is 16.1. The Labute approximate surface area is 216 Å². The van der Waals surface area contributed by atoms with Crippen molar-refractivity contribution in [1.82, 2.24) is 5.32 Å². The highest BCUT2D eigenvalue weighted by Gasteiger charge is 2.16. The maximum Gasteiger partial charge on any atom is 0.407 e. The fraction of sp³-hybridized carbons (Fsp3) is 0.276. The molecular formula is C29H32N2O6. The second-order valence-electron chi connectivity index (χ2n) is 9.48. The van der Waals surface area contributed by atoms with Crippen LogP contribution in [-0.2, 0) is 33.8 Å². The molecule has 8 heteroatoms. The van der Waals surface area contributed by atoms with Gasteiger partial charge in [-0.05, 0) is 67.3 Å².